The number of nitrogens with two attached hydrogens (primary N) is 2. The van der Waals surface area contributed by atoms with Crippen LogP contribution in [0.1, 0.15) is 17.7 Å². The molecular weight excluding hydrogens is 334 g/mol. The van der Waals surface area contributed by atoms with Crippen LogP contribution in [0.5, 0.6) is 0 Å². The van der Waals surface area contributed by atoms with Crippen LogP contribution in [0.3, 0.4) is 0 Å². The van der Waals surface area contributed by atoms with Crippen molar-refractivity contribution in [3.8, 4) is 0 Å². The summed E-state index contributed by atoms with van der Waals surface area (Å²) in [5.41, 5.74) is 14.8. The number of benzene rings is 1. The molecule has 134 valence electrons. The highest BCUT2D eigenvalue weighted by Crippen LogP contribution is 2.19. The van der Waals surface area contributed by atoms with Crippen molar-refractivity contribution < 1.29 is 9.90 Å². The van der Waals surface area contributed by atoms with Gasteiger partial charge < -0.3 is 21.5 Å². The smallest absolute Gasteiger partial charge is 0.303 e. The van der Waals surface area contributed by atoms with Gasteiger partial charge in [-0.1, -0.05) is 12.1 Å². The molecule has 9 nitrogen and oxygen atoms in total. The van der Waals surface area contributed by atoms with Crippen molar-refractivity contribution in [3.05, 3.63) is 41.7 Å². The summed E-state index contributed by atoms with van der Waals surface area (Å²) in [4.78, 5) is 29.4. The van der Waals surface area contributed by atoms with Crippen molar-refractivity contribution in [2.75, 3.05) is 23.4 Å². The van der Waals surface area contributed by atoms with E-state index in [-0.39, 0.29) is 18.2 Å². The Labute approximate surface area is 149 Å². The molecule has 0 amide bonds. The topological polar surface area (TPSA) is 144 Å². The minimum absolute atomic E-state index is 0.0564. The fourth-order valence-corrected chi connectivity index (χ4v) is 2.59. The van der Waals surface area contributed by atoms with E-state index in [0.29, 0.717) is 29.8 Å². The molecule has 0 radical (unpaired) electrons. The highest BCUT2D eigenvalue weighted by Gasteiger charge is 2.10. The first kappa shape index (κ1) is 17.3. The Morgan fingerprint density at radius 1 is 1.23 bits per heavy atom. The second-order valence-electron chi connectivity index (χ2n) is 5.92. The van der Waals surface area contributed by atoms with Crippen LogP contribution in [-0.4, -0.2) is 38.1 Å². The number of hydrogen-bond donors (Lipinski definition) is 3. The number of nitrogen functional groups attached to an aromatic ring is 2. The Balaban J connectivity index is 1.79. The largest absolute Gasteiger partial charge is 0.481 e. The van der Waals surface area contributed by atoms with E-state index in [0.717, 1.165) is 11.3 Å². The second-order valence-corrected chi connectivity index (χ2v) is 5.92. The predicted molar refractivity (Wildman–Crippen MR) is 98.5 cm³/mol. The van der Waals surface area contributed by atoms with Gasteiger partial charge in [0.2, 0.25) is 5.95 Å². The van der Waals surface area contributed by atoms with E-state index in [9.17, 15) is 4.79 Å². The van der Waals surface area contributed by atoms with E-state index < -0.39 is 5.97 Å². The summed E-state index contributed by atoms with van der Waals surface area (Å²) in [5, 5.41) is 8.82. The van der Waals surface area contributed by atoms with Crippen molar-refractivity contribution in [1.29, 1.82) is 0 Å². The third-order valence-corrected chi connectivity index (χ3v) is 3.88. The van der Waals surface area contributed by atoms with Crippen molar-refractivity contribution in [2.45, 2.75) is 19.4 Å². The second kappa shape index (κ2) is 7.18. The highest BCUT2D eigenvalue weighted by atomic mass is 16.4. The summed E-state index contributed by atoms with van der Waals surface area (Å²) in [6.07, 6.45) is 2.22. The number of anilines is 3. The van der Waals surface area contributed by atoms with Gasteiger partial charge in [-0.05, 0) is 24.1 Å². The quantitative estimate of drug-likeness (QED) is 0.596. The van der Waals surface area contributed by atoms with Gasteiger partial charge >= 0.3 is 5.97 Å². The molecule has 0 aliphatic heterocycles. The van der Waals surface area contributed by atoms with Crippen molar-refractivity contribution in [1.82, 2.24) is 19.9 Å². The molecule has 3 rings (SSSR count). The Hall–Kier alpha value is -3.49. The van der Waals surface area contributed by atoms with Gasteiger partial charge in [-0.2, -0.15) is 9.97 Å². The highest BCUT2D eigenvalue weighted by molar-refractivity contribution is 5.81. The lowest BCUT2D eigenvalue weighted by molar-refractivity contribution is -0.136. The zero-order valence-electron chi connectivity index (χ0n) is 14.3. The molecule has 0 unspecified atom stereocenters. The van der Waals surface area contributed by atoms with Crippen LogP contribution in [-0.2, 0) is 17.8 Å². The fraction of sp³-hybridized carbons (Fsp3) is 0.235. The molecule has 0 spiro atoms. The lowest BCUT2D eigenvalue weighted by Gasteiger charge is -2.19. The molecule has 2 aromatic heterocycles. The third kappa shape index (κ3) is 3.94. The standard InChI is InChI=1S/C17H19N7O2/c1-24(12-4-2-3-10(7-12)5-6-13(25)26)9-11-8-20-14-15(18)22-17(19)23-16(14)21-11/h2-4,7-8H,5-6,9H2,1H3,(H,25,26)(H4,18,19,21,22,23). The molecule has 9 heteroatoms. The van der Waals surface area contributed by atoms with E-state index in [1.807, 2.05) is 36.2 Å². The minimum atomic E-state index is -0.810. The number of rotatable bonds is 6. The van der Waals surface area contributed by atoms with E-state index in [2.05, 4.69) is 19.9 Å². The Morgan fingerprint density at radius 3 is 2.81 bits per heavy atom. The molecule has 0 atom stereocenters. The third-order valence-electron chi connectivity index (χ3n) is 3.88. The van der Waals surface area contributed by atoms with Crippen LogP contribution in [0.15, 0.2) is 30.5 Å². The van der Waals surface area contributed by atoms with Gasteiger partial charge in [0.05, 0.1) is 18.4 Å². The molecule has 0 saturated carbocycles. The average molecular weight is 353 g/mol. The van der Waals surface area contributed by atoms with E-state index in [4.69, 9.17) is 16.6 Å². The molecule has 0 aliphatic rings. The maximum atomic E-state index is 10.7. The number of aryl methyl sites for hydroxylation is 1. The van der Waals surface area contributed by atoms with Crippen molar-refractivity contribution >= 4 is 34.6 Å². The van der Waals surface area contributed by atoms with E-state index >= 15 is 0 Å². The Kier molecular flexibility index (Phi) is 4.78. The molecule has 1 aromatic carbocycles. The molecule has 0 fully saturated rings. The number of carbonyl (C=O) groups is 1. The number of fused-ring (bicyclic) bond motifs is 1. The maximum Gasteiger partial charge on any atom is 0.303 e. The van der Waals surface area contributed by atoms with Gasteiger partial charge in [0.1, 0.15) is 5.52 Å². The lowest BCUT2D eigenvalue weighted by Crippen LogP contribution is -2.18. The monoisotopic (exact) mass is 353 g/mol. The van der Waals surface area contributed by atoms with Crippen LogP contribution in [0.2, 0.25) is 0 Å². The van der Waals surface area contributed by atoms with Gasteiger partial charge in [-0.15, -0.1) is 0 Å². The number of hydrogen-bond acceptors (Lipinski definition) is 8. The van der Waals surface area contributed by atoms with Crippen molar-refractivity contribution in [2.24, 2.45) is 0 Å². The van der Waals surface area contributed by atoms with E-state index in [1.165, 1.54) is 0 Å². The van der Waals surface area contributed by atoms with Gasteiger partial charge in [0.25, 0.3) is 0 Å². The zero-order valence-corrected chi connectivity index (χ0v) is 14.3. The Bertz CT molecular complexity index is 961. The molecule has 0 saturated heterocycles. The van der Waals surface area contributed by atoms with Gasteiger partial charge in [-0.3, -0.25) is 4.79 Å². The number of aliphatic carboxylic acids is 1. The number of aromatic nitrogens is 4. The first-order valence-corrected chi connectivity index (χ1v) is 7.99. The lowest BCUT2D eigenvalue weighted by atomic mass is 10.1. The summed E-state index contributed by atoms with van der Waals surface area (Å²) in [6, 6.07) is 7.74. The summed E-state index contributed by atoms with van der Waals surface area (Å²) >= 11 is 0. The van der Waals surface area contributed by atoms with Crippen LogP contribution in [0, 0.1) is 0 Å². The SMILES string of the molecule is CN(Cc1cnc2c(N)nc(N)nc2n1)c1cccc(CCC(=O)O)c1. The van der Waals surface area contributed by atoms with Crippen LogP contribution in [0.4, 0.5) is 17.5 Å². The van der Waals surface area contributed by atoms with E-state index in [1.54, 1.807) is 6.20 Å². The number of carboxylic acid groups (broad SMARTS) is 1. The maximum absolute atomic E-state index is 10.7. The van der Waals surface area contributed by atoms with Crippen LogP contribution in [0.25, 0.3) is 11.2 Å². The molecular formula is C17H19N7O2. The first-order valence-electron chi connectivity index (χ1n) is 7.99. The fourth-order valence-electron chi connectivity index (χ4n) is 2.59. The molecule has 0 bridgehead atoms. The molecule has 0 aliphatic carbocycles. The summed E-state index contributed by atoms with van der Waals surface area (Å²) < 4.78 is 0. The van der Waals surface area contributed by atoms with Gasteiger partial charge in [-0.25, -0.2) is 9.97 Å². The van der Waals surface area contributed by atoms with Crippen LogP contribution >= 0.6 is 0 Å². The Morgan fingerprint density at radius 2 is 2.04 bits per heavy atom. The van der Waals surface area contributed by atoms with Gasteiger partial charge in [0.15, 0.2) is 11.5 Å². The average Bonchev–Trinajstić information content (AvgIpc) is 2.59. The molecule has 3 aromatic rings. The van der Waals surface area contributed by atoms with Gasteiger partial charge in [0, 0.05) is 19.2 Å². The summed E-state index contributed by atoms with van der Waals surface area (Å²) in [7, 11) is 1.92. The minimum Gasteiger partial charge on any atom is -0.481 e. The first-order chi connectivity index (χ1) is 12.4. The predicted octanol–water partition coefficient (Wildman–Crippen LogP) is 1.24. The normalized spacial score (nSPS) is 10.8. The molecule has 26 heavy (non-hydrogen) atoms. The summed E-state index contributed by atoms with van der Waals surface area (Å²) in [6.45, 7) is 0.495. The van der Waals surface area contributed by atoms with Crippen molar-refractivity contribution in [3.63, 3.8) is 0 Å². The zero-order chi connectivity index (χ0) is 18.7. The number of carboxylic acids is 1. The summed E-state index contributed by atoms with van der Waals surface area (Å²) in [5.74, 6) is -0.553. The molecule has 5 N–H and O–H groups in total. The molecule has 2 heterocycles. The van der Waals surface area contributed by atoms with Crippen LogP contribution < -0.4 is 16.4 Å². The number of nitrogens with zero attached hydrogens (tertiary/aromatic N) is 5.